The Hall–Kier alpha value is -2.44. The van der Waals surface area contributed by atoms with Crippen molar-refractivity contribution in [2.45, 2.75) is 20.8 Å². The molecule has 4 heterocycles. The molecule has 7 heteroatoms. The summed E-state index contributed by atoms with van der Waals surface area (Å²) in [6.07, 6.45) is 3.47. The highest BCUT2D eigenvalue weighted by Crippen LogP contribution is 2.34. The molecule has 2 aromatic rings. The zero-order valence-electron chi connectivity index (χ0n) is 14.3. The van der Waals surface area contributed by atoms with Gasteiger partial charge in [0, 0.05) is 55.5 Å². The van der Waals surface area contributed by atoms with Gasteiger partial charge in [0.25, 0.3) is 5.91 Å². The Morgan fingerprint density at radius 2 is 1.88 bits per heavy atom. The lowest BCUT2D eigenvalue weighted by molar-refractivity contribution is 0.0781. The van der Waals surface area contributed by atoms with E-state index in [0.29, 0.717) is 11.8 Å². The molecule has 0 spiro atoms. The molecule has 2 fully saturated rings. The summed E-state index contributed by atoms with van der Waals surface area (Å²) in [5.74, 6) is 2.16. The van der Waals surface area contributed by atoms with Gasteiger partial charge in [-0.15, -0.1) is 0 Å². The first kappa shape index (κ1) is 15.1. The van der Waals surface area contributed by atoms with E-state index in [-0.39, 0.29) is 5.91 Å². The van der Waals surface area contributed by atoms with Crippen LogP contribution in [0.3, 0.4) is 0 Å². The maximum Gasteiger partial charge on any atom is 0.257 e. The molecule has 2 saturated heterocycles. The topological polar surface area (TPSA) is 78.0 Å². The Balaban J connectivity index is 1.47. The number of H-pyrrole nitrogens is 1. The maximum atomic E-state index is 12.8. The lowest BCUT2D eigenvalue weighted by Gasteiger charge is -2.23. The molecular formula is C17H22N6O. The second-order valence-electron chi connectivity index (χ2n) is 6.97. The summed E-state index contributed by atoms with van der Waals surface area (Å²) in [5, 5.41) is 7.05. The molecule has 2 unspecified atom stereocenters. The predicted octanol–water partition coefficient (Wildman–Crippen LogP) is 1.33. The van der Waals surface area contributed by atoms with Crippen LogP contribution in [0.2, 0.25) is 0 Å². The van der Waals surface area contributed by atoms with Crippen LogP contribution in [0.5, 0.6) is 0 Å². The summed E-state index contributed by atoms with van der Waals surface area (Å²) >= 11 is 0. The smallest absolute Gasteiger partial charge is 0.257 e. The zero-order valence-corrected chi connectivity index (χ0v) is 14.3. The van der Waals surface area contributed by atoms with E-state index >= 15 is 0 Å². The van der Waals surface area contributed by atoms with Crippen LogP contribution < -0.4 is 4.90 Å². The number of aromatic nitrogens is 4. The van der Waals surface area contributed by atoms with Gasteiger partial charge in [-0.05, 0) is 20.8 Å². The highest BCUT2D eigenvalue weighted by Gasteiger charge is 2.42. The van der Waals surface area contributed by atoms with Crippen molar-refractivity contribution in [3.63, 3.8) is 0 Å². The number of carbonyl (C=O) groups excluding carboxylic acids is 1. The van der Waals surface area contributed by atoms with E-state index in [1.54, 1.807) is 6.33 Å². The Morgan fingerprint density at radius 3 is 2.46 bits per heavy atom. The zero-order chi connectivity index (χ0) is 16.8. The summed E-state index contributed by atoms with van der Waals surface area (Å²) in [6, 6.07) is 0. The number of fused-ring (bicyclic) bond motifs is 1. The largest absolute Gasteiger partial charge is 0.356 e. The number of rotatable bonds is 2. The summed E-state index contributed by atoms with van der Waals surface area (Å²) in [5.41, 5.74) is 3.48. The molecule has 2 aliphatic rings. The van der Waals surface area contributed by atoms with E-state index in [2.05, 4.69) is 25.1 Å². The predicted molar refractivity (Wildman–Crippen MR) is 89.9 cm³/mol. The van der Waals surface area contributed by atoms with E-state index in [9.17, 15) is 4.79 Å². The van der Waals surface area contributed by atoms with Crippen molar-refractivity contribution < 1.29 is 4.79 Å². The summed E-state index contributed by atoms with van der Waals surface area (Å²) in [4.78, 5) is 25.6. The number of aryl methyl sites for hydroxylation is 3. The number of hydrogen-bond acceptors (Lipinski definition) is 5. The number of nitrogens with zero attached hydrogens (tertiary/aromatic N) is 5. The van der Waals surface area contributed by atoms with E-state index in [1.165, 1.54) is 0 Å². The Morgan fingerprint density at radius 1 is 1.17 bits per heavy atom. The fourth-order valence-electron chi connectivity index (χ4n) is 4.08. The molecule has 1 N–H and O–H groups in total. The molecule has 2 atom stereocenters. The molecule has 0 aliphatic carbocycles. The molecule has 4 rings (SSSR count). The minimum Gasteiger partial charge on any atom is -0.356 e. The van der Waals surface area contributed by atoms with E-state index < -0.39 is 0 Å². The van der Waals surface area contributed by atoms with Gasteiger partial charge in [0.1, 0.15) is 12.1 Å². The van der Waals surface area contributed by atoms with Crippen molar-refractivity contribution in [2.75, 3.05) is 31.1 Å². The average Bonchev–Trinajstić information content (AvgIpc) is 3.20. The second kappa shape index (κ2) is 5.58. The van der Waals surface area contributed by atoms with Gasteiger partial charge in [0.05, 0.1) is 11.3 Å². The molecule has 24 heavy (non-hydrogen) atoms. The third-order valence-corrected chi connectivity index (χ3v) is 5.28. The molecule has 0 radical (unpaired) electrons. The normalized spacial score (nSPS) is 23.0. The van der Waals surface area contributed by atoms with Crippen LogP contribution in [-0.2, 0) is 0 Å². The van der Waals surface area contributed by atoms with Gasteiger partial charge in [0.15, 0.2) is 0 Å². The van der Waals surface area contributed by atoms with E-state index in [1.807, 2.05) is 31.9 Å². The van der Waals surface area contributed by atoms with Crippen LogP contribution in [0.15, 0.2) is 12.5 Å². The van der Waals surface area contributed by atoms with Crippen LogP contribution in [-0.4, -0.2) is 57.2 Å². The molecule has 1 amide bonds. The van der Waals surface area contributed by atoms with E-state index in [4.69, 9.17) is 0 Å². The Labute approximate surface area is 141 Å². The highest BCUT2D eigenvalue weighted by atomic mass is 16.2. The summed E-state index contributed by atoms with van der Waals surface area (Å²) in [6.45, 7) is 9.37. The minimum absolute atomic E-state index is 0.109. The first-order chi connectivity index (χ1) is 11.5. The number of carbonyl (C=O) groups is 1. The van der Waals surface area contributed by atoms with Gasteiger partial charge in [0.2, 0.25) is 0 Å². The van der Waals surface area contributed by atoms with E-state index in [0.717, 1.165) is 54.5 Å². The minimum atomic E-state index is 0.109. The van der Waals surface area contributed by atoms with Gasteiger partial charge in [-0.2, -0.15) is 5.10 Å². The van der Waals surface area contributed by atoms with Crippen LogP contribution in [0.25, 0.3) is 0 Å². The van der Waals surface area contributed by atoms with Gasteiger partial charge in [-0.1, -0.05) is 0 Å². The van der Waals surface area contributed by atoms with Crippen molar-refractivity contribution in [3.05, 3.63) is 35.0 Å². The van der Waals surface area contributed by atoms with Gasteiger partial charge < -0.3 is 9.80 Å². The number of nitrogens with one attached hydrogen (secondary N) is 1. The molecule has 7 nitrogen and oxygen atoms in total. The molecule has 0 aromatic carbocycles. The number of anilines is 1. The van der Waals surface area contributed by atoms with Gasteiger partial charge in [-0.3, -0.25) is 9.89 Å². The lowest BCUT2D eigenvalue weighted by Crippen LogP contribution is -2.34. The average molecular weight is 326 g/mol. The number of likely N-dealkylation sites (tertiary alicyclic amines) is 1. The molecule has 126 valence electrons. The van der Waals surface area contributed by atoms with Crippen molar-refractivity contribution in [2.24, 2.45) is 11.8 Å². The highest BCUT2D eigenvalue weighted by molar-refractivity contribution is 5.96. The van der Waals surface area contributed by atoms with Crippen molar-refractivity contribution in [3.8, 4) is 0 Å². The Bertz CT molecular complexity index is 752. The fourth-order valence-corrected chi connectivity index (χ4v) is 4.08. The molecule has 2 aliphatic heterocycles. The molecular weight excluding hydrogens is 304 g/mol. The first-order valence-corrected chi connectivity index (χ1v) is 8.37. The van der Waals surface area contributed by atoms with Crippen LogP contribution in [0, 0.1) is 32.6 Å². The Kier molecular flexibility index (Phi) is 3.51. The van der Waals surface area contributed by atoms with Crippen LogP contribution in [0.4, 0.5) is 5.82 Å². The SMILES string of the molecule is Cc1cncnc1N1CC2CN(C(=O)c3c(C)n[nH]c3C)CC2C1. The molecule has 0 saturated carbocycles. The molecule has 2 aromatic heterocycles. The standard InChI is InChI=1S/C17H22N6O/c1-10-4-18-9-19-16(10)22-5-13-7-23(8-14(13)6-22)17(24)15-11(2)20-21-12(15)3/h4,9,13-14H,5-8H2,1-3H3,(H,20,21). The monoisotopic (exact) mass is 326 g/mol. The summed E-state index contributed by atoms with van der Waals surface area (Å²) in [7, 11) is 0. The van der Waals surface area contributed by atoms with Crippen molar-refractivity contribution in [1.29, 1.82) is 0 Å². The third kappa shape index (κ3) is 2.35. The molecule has 0 bridgehead atoms. The van der Waals surface area contributed by atoms with Gasteiger partial charge >= 0.3 is 0 Å². The van der Waals surface area contributed by atoms with Crippen LogP contribution >= 0.6 is 0 Å². The quantitative estimate of drug-likeness (QED) is 0.901. The summed E-state index contributed by atoms with van der Waals surface area (Å²) < 4.78 is 0. The van der Waals surface area contributed by atoms with Crippen molar-refractivity contribution in [1.82, 2.24) is 25.1 Å². The van der Waals surface area contributed by atoms with Crippen LogP contribution in [0.1, 0.15) is 27.3 Å². The lowest BCUT2D eigenvalue weighted by atomic mass is 10.0. The number of aromatic amines is 1. The first-order valence-electron chi connectivity index (χ1n) is 8.37. The maximum absolute atomic E-state index is 12.8. The second-order valence-corrected chi connectivity index (χ2v) is 6.97. The van der Waals surface area contributed by atoms with Crippen molar-refractivity contribution >= 4 is 11.7 Å². The van der Waals surface area contributed by atoms with Gasteiger partial charge in [-0.25, -0.2) is 9.97 Å². The third-order valence-electron chi connectivity index (χ3n) is 5.28. The fraction of sp³-hybridized carbons (Fsp3) is 0.529. The number of amides is 1. The number of hydrogen-bond donors (Lipinski definition) is 1.